The normalized spacial score (nSPS) is 38.9. The maximum Gasteiger partial charge on any atom is 0.234 e. The molecule has 0 aromatic carbocycles. The lowest BCUT2D eigenvalue weighted by atomic mass is 9.78. The first-order valence-electron chi connectivity index (χ1n) is 8.17. The Kier molecular flexibility index (Phi) is 5.44. The number of amides is 1. The third-order valence-corrected chi connectivity index (χ3v) is 5.58. The third-order valence-electron chi connectivity index (χ3n) is 5.58. The molecule has 1 amide bonds. The molecule has 0 spiro atoms. The maximum absolute atomic E-state index is 12.3. The monoisotopic (exact) mass is 282 g/mol. The van der Waals surface area contributed by atoms with Gasteiger partial charge in [0.25, 0.3) is 0 Å². The summed E-state index contributed by atoms with van der Waals surface area (Å²) < 4.78 is 0. The molecule has 4 heteroatoms. The third kappa shape index (κ3) is 3.53. The number of rotatable bonds is 4. The lowest BCUT2D eigenvalue weighted by molar-refractivity contribution is -0.124. The Morgan fingerprint density at radius 3 is 2.65 bits per heavy atom. The molecule has 2 N–H and O–H groups in total. The second kappa shape index (κ2) is 6.90. The molecule has 1 heterocycles. The van der Waals surface area contributed by atoms with Crippen molar-refractivity contribution in [2.45, 2.75) is 58.5 Å². The van der Waals surface area contributed by atoms with E-state index in [1.807, 2.05) is 0 Å². The van der Waals surface area contributed by atoms with Gasteiger partial charge in [0.15, 0.2) is 0 Å². The summed E-state index contributed by atoms with van der Waals surface area (Å²) >= 11 is 0. The Morgan fingerprint density at radius 2 is 1.95 bits per heavy atom. The quantitative estimate of drug-likeness (QED) is 0.824. The van der Waals surface area contributed by atoms with Gasteiger partial charge in [0.2, 0.25) is 5.91 Å². The fourth-order valence-electron chi connectivity index (χ4n) is 3.80. The average Bonchev–Trinajstić information content (AvgIpc) is 2.75. The predicted octanol–water partition coefficient (Wildman–Crippen LogP) is 1.63. The molecule has 0 radical (unpaired) electrons. The molecule has 1 saturated heterocycles. The molecule has 5 atom stereocenters. The molecular weight excluding hydrogens is 252 g/mol. The number of hydrogen-bond acceptors (Lipinski definition) is 3. The van der Waals surface area contributed by atoms with Crippen LogP contribution in [0.2, 0.25) is 0 Å². The van der Waals surface area contributed by atoms with Gasteiger partial charge in [0.1, 0.15) is 0 Å². The van der Waals surface area contributed by atoms with Crippen molar-refractivity contribution >= 4 is 5.91 Å². The van der Waals surface area contributed by atoms with E-state index in [1.165, 1.54) is 12.8 Å². The number of carbonyl (C=O) groups excluding carboxylic acids is 1. The van der Waals surface area contributed by atoms with E-state index in [-0.39, 0.29) is 18.6 Å². The number of aliphatic hydroxyl groups is 1. The van der Waals surface area contributed by atoms with Gasteiger partial charge < -0.3 is 10.4 Å². The SMILES string of the molecule is CC1CCCC(NC(=O)CN2CCC(C)C2CO)C1C. The number of hydrogen-bond donors (Lipinski definition) is 2. The van der Waals surface area contributed by atoms with Gasteiger partial charge in [-0.1, -0.05) is 33.6 Å². The van der Waals surface area contributed by atoms with E-state index in [0.29, 0.717) is 30.3 Å². The molecule has 116 valence electrons. The lowest BCUT2D eigenvalue weighted by Gasteiger charge is -2.35. The molecule has 0 aromatic heterocycles. The van der Waals surface area contributed by atoms with Gasteiger partial charge in [0, 0.05) is 12.1 Å². The van der Waals surface area contributed by atoms with Crippen LogP contribution in [0.25, 0.3) is 0 Å². The average molecular weight is 282 g/mol. The van der Waals surface area contributed by atoms with Crippen LogP contribution in [-0.4, -0.2) is 47.7 Å². The van der Waals surface area contributed by atoms with Crippen LogP contribution in [0.4, 0.5) is 0 Å². The number of nitrogens with one attached hydrogen (secondary N) is 1. The zero-order chi connectivity index (χ0) is 14.7. The Balaban J connectivity index is 1.83. The zero-order valence-electron chi connectivity index (χ0n) is 13.1. The van der Waals surface area contributed by atoms with Crippen LogP contribution in [0, 0.1) is 17.8 Å². The number of carbonyl (C=O) groups is 1. The molecule has 2 aliphatic rings. The smallest absolute Gasteiger partial charge is 0.234 e. The van der Waals surface area contributed by atoms with Crippen LogP contribution in [0.15, 0.2) is 0 Å². The highest BCUT2D eigenvalue weighted by molar-refractivity contribution is 5.78. The molecule has 1 aliphatic carbocycles. The minimum atomic E-state index is 0.128. The summed E-state index contributed by atoms with van der Waals surface area (Å²) in [5.74, 6) is 1.88. The van der Waals surface area contributed by atoms with Crippen molar-refractivity contribution in [1.82, 2.24) is 10.2 Å². The summed E-state index contributed by atoms with van der Waals surface area (Å²) in [6.07, 6.45) is 4.69. The van der Waals surface area contributed by atoms with Crippen molar-refractivity contribution < 1.29 is 9.90 Å². The van der Waals surface area contributed by atoms with Crippen molar-refractivity contribution in [2.24, 2.45) is 17.8 Å². The van der Waals surface area contributed by atoms with E-state index in [0.717, 1.165) is 19.4 Å². The molecule has 4 nitrogen and oxygen atoms in total. The Morgan fingerprint density at radius 1 is 1.20 bits per heavy atom. The highest BCUT2D eigenvalue weighted by Crippen LogP contribution is 2.29. The van der Waals surface area contributed by atoms with Crippen LogP contribution in [0.5, 0.6) is 0 Å². The van der Waals surface area contributed by atoms with Gasteiger partial charge in [-0.05, 0) is 37.1 Å². The molecule has 20 heavy (non-hydrogen) atoms. The van der Waals surface area contributed by atoms with Crippen LogP contribution < -0.4 is 5.32 Å². The largest absolute Gasteiger partial charge is 0.395 e. The molecule has 2 fully saturated rings. The fraction of sp³-hybridized carbons (Fsp3) is 0.938. The summed E-state index contributed by atoms with van der Waals surface area (Å²) in [6.45, 7) is 8.22. The van der Waals surface area contributed by atoms with E-state index in [9.17, 15) is 9.90 Å². The van der Waals surface area contributed by atoms with Crippen molar-refractivity contribution in [3.8, 4) is 0 Å². The van der Waals surface area contributed by atoms with E-state index in [2.05, 4.69) is 31.0 Å². The molecule has 2 rings (SSSR count). The highest BCUT2D eigenvalue weighted by Gasteiger charge is 2.33. The van der Waals surface area contributed by atoms with Gasteiger partial charge in [-0.25, -0.2) is 0 Å². The molecule has 1 saturated carbocycles. The first-order chi connectivity index (χ1) is 9.52. The molecule has 0 aromatic rings. The summed E-state index contributed by atoms with van der Waals surface area (Å²) in [7, 11) is 0. The second-order valence-corrected chi connectivity index (χ2v) is 6.93. The van der Waals surface area contributed by atoms with Gasteiger partial charge in [0.05, 0.1) is 13.2 Å². The fourth-order valence-corrected chi connectivity index (χ4v) is 3.80. The molecule has 0 bridgehead atoms. The number of likely N-dealkylation sites (tertiary alicyclic amines) is 1. The minimum Gasteiger partial charge on any atom is -0.395 e. The summed E-state index contributed by atoms with van der Waals surface area (Å²) in [5.41, 5.74) is 0. The minimum absolute atomic E-state index is 0.128. The molecular formula is C16H30N2O2. The van der Waals surface area contributed by atoms with E-state index in [1.54, 1.807) is 0 Å². The molecule has 1 aliphatic heterocycles. The van der Waals surface area contributed by atoms with Crippen LogP contribution in [0.1, 0.15) is 46.5 Å². The first kappa shape index (κ1) is 15.8. The van der Waals surface area contributed by atoms with Crippen molar-refractivity contribution in [3.05, 3.63) is 0 Å². The van der Waals surface area contributed by atoms with Crippen molar-refractivity contribution in [3.63, 3.8) is 0 Å². The van der Waals surface area contributed by atoms with Gasteiger partial charge in [-0.15, -0.1) is 0 Å². The second-order valence-electron chi connectivity index (χ2n) is 6.93. The van der Waals surface area contributed by atoms with Crippen LogP contribution in [0.3, 0.4) is 0 Å². The van der Waals surface area contributed by atoms with Crippen LogP contribution in [-0.2, 0) is 4.79 Å². The Bertz CT molecular complexity index is 326. The summed E-state index contributed by atoms with van der Waals surface area (Å²) in [4.78, 5) is 14.4. The number of aliphatic hydroxyl groups excluding tert-OH is 1. The highest BCUT2D eigenvalue weighted by atomic mass is 16.3. The van der Waals surface area contributed by atoms with Gasteiger partial charge in [-0.3, -0.25) is 9.69 Å². The van der Waals surface area contributed by atoms with Gasteiger partial charge in [-0.2, -0.15) is 0 Å². The lowest BCUT2D eigenvalue weighted by Crippen LogP contribution is -2.48. The van der Waals surface area contributed by atoms with Crippen molar-refractivity contribution in [2.75, 3.05) is 19.7 Å². The van der Waals surface area contributed by atoms with Crippen molar-refractivity contribution in [1.29, 1.82) is 0 Å². The topological polar surface area (TPSA) is 52.6 Å². The summed E-state index contributed by atoms with van der Waals surface area (Å²) in [6, 6.07) is 0.488. The Hall–Kier alpha value is -0.610. The van der Waals surface area contributed by atoms with E-state index in [4.69, 9.17) is 0 Å². The molecule has 5 unspecified atom stereocenters. The van der Waals surface area contributed by atoms with E-state index >= 15 is 0 Å². The first-order valence-corrected chi connectivity index (χ1v) is 8.17. The summed E-state index contributed by atoms with van der Waals surface area (Å²) in [5, 5.41) is 12.7. The van der Waals surface area contributed by atoms with Gasteiger partial charge >= 0.3 is 0 Å². The standard InChI is InChI=1S/C16H30N2O2/c1-11-5-4-6-14(13(11)3)17-16(20)9-18-8-7-12(2)15(18)10-19/h11-15,19H,4-10H2,1-3H3,(H,17,20). The van der Waals surface area contributed by atoms with Crippen LogP contribution >= 0.6 is 0 Å². The predicted molar refractivity (Wildman–Crippen MR) is 80.3 cm³/mol. The van der Waals surface area contributed by atoms with E-state index < -0.39 is 0 Å². The maximum atomic E-state index is 12.3. The number of nitrogens with zero attached hydrogens (tertiary/aromatic N) is 1. The zero-order valence-corrected chi connectivity index (χ0v) is 13.1. The Labute approximate surface area is 122 Å².